The number of halogens is 2. The molecule has 0 radical (unpaired) electrons. The number of benzene rings is 3. The Balaban J connectivity index is 1.55. The maximum Gasteiger partial charge on any atom is 0.251 e. The van der Waals surface area contributed by atoms with Gasteiger partial charge in [0.2, 0.25) is 0 Å². The molecule has 4 aromatic rings. The lowest BCUT2D eigenvalue weighted by atomic mass is 9.86. The summed E-state index contributed by atoms with van der Waals surface area (Å²) in [5, 5.41) is 15.7. The highest BCUT2D eigenvalue weighted by Crippen LogP contribution is 2.27. The van der Waals surface area contributed by atoms with Crippen molar-refractivity contribution in [2.45, 2.75) is 25.3 Å². The quantitative estimate of drug-likeness (QED) is 0.411. The third kappa shape index (κ3) is 5.33. The van der Waals surface area contributed by atoms with Gasteiger partial charge in [0, 0.05) is 27.6 Å². The van der Waals surface area contributed by atoms with Crippen molar-refractivity contribution in [2.75, 3.05) is 0 Å². The van der Waals surface area contributed by atoms with Crippen LogP contribution in [0.3, 0.4) is 0 Å². The monoisotopic (exact) mass is 465 g/mol. The first-order valence-electron chi connectivity index (χ1n) is 10.1. The second kappa shape index (κ2) is 9.94. The number of carbonyl (C=O) groups excluding carboxylic acids is 1. The molecule has 0 saturated carbocycles. The van der Waals surface area contributed by atoms with E-state index in [9.17, 15) is 4.79 Å². The van der Waals surface area contributed by atoms with Gasteiger partial charge < -0.3 is 5.32 Å². The highest BCUT2D eigenvalue weighted by Gasteiger charge is 2.22. The minimum absolute atomic E-state index is 0.0418. The van der Waals surface area contributed by atoms with Crippen molar-refractivity contribution in [1.29, 1.82) is 0 Å². The summed E-state index contributed by atoms with van der Waals surface area (Å²) < 4.78 is 1.51. The van der Waals surface area contributed by atoms with Gasteiger partial charge in [-0.1, -0.05) is 53.5 Å². The van der Waals surface area contributed by atoms with E-state index in [2.05, 4.69) is 20.8 Å². The number of amides is 1. The van der Waals surface area contributed by atoms with Gasteiger partial charge in [-0.2, -0.15) is 0 Å². The molecule has 0 spiro atoms. The number of rotatable bonds is 7. The molecule has 0 aliphatic rings. The fourth-order valence-corrected chi connectivity index (χ4v) is 3.88. The largest absolute Gasteiger partial charge is 0.349 e. The molecule has 6 nitrogen and oxygen atoms in total. The van der Waals surface area contributed by atoms with E-state index in [1.807, 2.05) is 61.5 Å². The molecule has 1 heterocycles. The predicted octanol–water partition coefficient (Wildman–Crippen LogP) is 5.11. The molecule has 0 saturated heterocycles. The van der Waals surface area contributed by atoms with Gasteiger partial charge in [0.05, 0.1) is 5.69 Å². The van der Waals surface area contributed by atoms with E-state index in [0.717, 1.165) is 17.5 Å². The third-order valence-electron chi connectivity index (χ3n) is 5.35. The summed E-state index contributed by atoms with van der Waals surface area (Å²) in [5.74, 6) is -0.123. The number of aromatic nitrogens is 4. The van der Waals surface area contributed by atoms with Crippen LogP contribution < -0.4 is 5.32 Å². The number of nitrogens with one attached hydrogen (secondary N) is 1. The molecule has 0 bridgehead atoms. The summed E-state index contributed by atoms with van der Waals surface area (Å²) >= 11 is 12.1. The Morgan fingerprint density at radius 3 is 2.34 bits per heavy atom. The Hall–Kier alpha value is -3.22. The first kappa shape index (κ1) is 22.0. The second-order valence-corrected chi connectivity index (χ2v) is 8.43. The lowest BCUT2D eigenvalue weighted by molar-refractivity contribution is 0.0934. The average molecular weight is 466 g/mol. The molecule has 0 aliphatic heterocycles. The number of tetrazole rings is 1. The SMILES string of the molecule is CC(NC(=O)c1cccc(-n2cnnn2)c1)C(Cc1ccc(Cl)cc1)c1ccc(Cl)cc1. The lowest BCUT2D eigenvalue weighted by Crippen LogP contribution is -2.38. The molecule has 1 N–H and O–H groups in total. The molecule has 0 fully saturated rings. The number of carbonyl (C=O) groups is 1. The molecule has 162 valence electrons. The smallest absolute Gasteiger partial charge is 0.251 e. The van der Waals surface area contributed by atoms with Crippen LogP contribution in [0.25, 0.3) is 5.69 Å². The van der Waals surface area contributed by atoms with E-state index >= 15 is 0 Å². The zero-order valence-electron chi connectivity index (χ0n) is 17.3. The number of nitrogens with zero attached hydrogens (tertiary/aromatic N) is 4. The van der Waals surface area contributed by atoms with Crippen molar-refractivity contribution in [3.63, 3.8) is 0 Å². The zero-order valence-corrected chi connectivity index (χ0v) is 18.8. The fraction of sp³-hybridized carbons (Fsp3) is 0.167. The molecule has 8 heteroatoms. The summed E-state index contributed by atoms with van der Waals surface area (Å²) in [4.78, 5) is 13.1. The van der Waals surface area contributed by atoms with Crippen molar-refractivity contribution >= 4 is 29.1 Å². The van der Waals surface area contributed by atoms with Crippen LogP contribution >= 0.6 is 23.2 Å². The second-order valence-electron chi connectivity index (χ2n) is 7.56. The summed E-state index contributed by atoms with van der Waals surface area (Å²) in [6.07, 6.45) is 2.23. The minimum Gasteiger partial charge on any atom is -0.349 e. The van der Waals surface area contributed by atoms with Gasteiger partial charge in [0.25, 0.3) is 5.91 Å². The van der Waals surface area contributed by atoms with Crippen LogP contribution in [0.2, 0.25) is 10.0 Å². The predicted molar refractivity (Wildman–Crippen MR) is 125 cm³/mol. The van der Waals surface area contributed by atoms with Crippen LogP contribution in [0.1, 0.15) is 34.3 Å². The van der Waals surface area contributed by atoms with Crippen LogP contribution in [0.4, 0.5) is 0 Å². The third-order valence-corrected chi connectivity index (χ3v) is 5.86. The molecular weight excluding hydrogens is 445 g/mol. The van der Waals surface area contributed by atoms with E-state index in [0.29, 0.717) is 21.3 Å². The molecular formula is C24H21Cl2N5O. The average Bonchev–Trinajstić information content (AvgIpc) is 3.34. The Morgan fingerprint density at radius 1 is 1.00 bits per heavy atom. The molecule has 3 aromatic carbocycles. The van der Waals surface area contributed by atoms with Gasteiger partial charge in [0.15, 0.2) is 0 Å². The van der Waals surface area contributed by atoms with E-state index in [-0.39, 0.29) is 17.9 Å². The molecule has 1 aromatic heterocycles. The zero-order chi connectivity index (χ0) is 22.5. The summed E-state index contributed by atoms with van der Waals surface area (Å²) in [6, 6.07) is 22.6. The molecule has 0 aliphatic carbocycles. The molecule has 1 amide bonds. The Kier molecular flexibility index (Phi) is 6.83. The van der Waals surface area contributed by atoms with Crippen LogP contribution in [-0.2, 0) is 6.42 Å². The summed E-state index contributed by atoms with van der Waals surface area (Å²) in [5.41, 5.74) is 3.48. The minimum atomic E-state index is -0.164. The van der Waals surface area contributed by atoms with E-state index in [4.69, 9.17) is 23.2 Å². The van der Waals surface area contributed by atoms with Crippen molar-refractivity contribution in [3.8, 4) is 5.69 Å². The van der Waals surface area contributed by atoms with Gasteiger partial charge in [-0.15, -0.1) is 5.10 Å². The first-order chi connectivity index (χ1) is 15.5. The highest BCUT2D eigenvalue weighted by atomic mass is 35.5. The van der Waals surface area contributed by atoms with E-state index in [1.165, 1.54) is 11.0 Å². The van der Waals surface area contributed by atoms with E-state index < -0.39 is 0 Å². The molecule has 2 atom stereocenters. The Bertz CT molecular complexity index is 1180. The van der Waals surface area contributed by atoms with Crippen molar-refractivity contribution in [3.05, 3.63) is 106 Å². The number of hydrogen-bond donors (Lipinski definition) is 1. The topological polar surface area (TPSA) is 72.7 Å². The fourth-order valence-electron chi connectivity index (χ4n) is 3.63. The van der Waals surface area contributed by atoms with Gasteiger partial charge in [-0.05, 0) is 77.4 Å². The van der Waals surface area contributed by atoms with Gasteiger partial charge >= 0.3 is 0 Å². The van der Waals surface area contributed by atoms with Gasteiger partial charge in [-0.3, -0.25) is 4.79 Å². The maximum absolute atomic E-state index is 13.1. The highest BCUT2D eigenvalue weighted by molar-refractivity contribution is 6.30. The van der Waals surface area contributed by atoms with Crippen molar-refractivity contribution in [2.24, 2.45) is 0 Å². The summed E-state index contributed by atoms with van der Waals surface area (Å²) in [7, 11) is 0. The number of hydrogen-bond acceptors (Lipinski definition) is 4. The van der Waals surface area contributed by atoms with Crippen molar-refractivity contribution < 1.29 is 4.79 Å². The maximum atomic E-state index is 13.1. The first-order valence-corrected chi connectivity index (χ1v) is 10.9. The van der Waals surface area contributed by atoms with E-state index in [1.54, 1.807) is 18.2 Å². The normalized spacial score (nSPS) is 12.8. The molecule has 4 rings (SSSR count). The van der Waals surface area contributed by atoms with Gasteiger partial charge in [0.1, 0.15) is 6.33 Å². The lowest BCUT2D eigenvalue weighted by Gasteiger charge is -2.26. The summed E-state index contributed by atoms with van der Waals surface area (Å²) in [6.45, 7) is 2.01. The molecule has 32 heavy (non-hydrogen) atoms. The standard InChI is InChI=1S/C24H21Cl2N5O/c1-16(28-24(32)19-3-2-4-22(14-19)31-15-27-29-30-31)23(18-7-11-21(26)12-8-18)13-17-5-9-20(25)10-6-17/h2-12,14-16,23H,13H2,1H3,(H,28,32). The van der Waals surface area contributed by atoms with Crippen LogP contribution in [0.15, 0.2) is 79.1 Å². The van der Waals surface area contributed by atoms with Crippen molar-refractivity contribution in [1.82, 2.24) is 25.5 Å². The molecule has 2 unspecified atom stereocenters. The van der Waals surface area contributed by atoms with Crippen LogP contribution in [0.5, 0.6) is 0 Å². The van der Waals surface area contributed by atoms with Crippen LogP contribution in [0, 0.1) is 0 Å². The Morgan fingerprint density at radius 2 is 1.69 bits per heavy atom. The van der Waals surface area contributed by atoms with Gasteiger partial charge in [-0.25, -0.2) is 4.68 Å². The Labute approximate surface area is 196 Å². The van der Waals surface area contributed by atoms with Crippen LogP contribution in [-0.4, -0.2) is 32.2 Å².